The number of esters is 2. The predicted octanol–water partition coefficient (Wildman–Crippen LogP) is 5.32. The van der Waals surface area contributed by atoms with Crippen LogP contribution in [0.15, 0.2) is 35.1 Å². The van der Waals surface area contributed by atoms with E-state index >= 15 is 0 Å². The lowest BCUT2D eigenvalue weighted by Crippen LogP contribution is -2.17. The number of carbonyl (C=O) groups is 2. The van der Waals surface area contributed by atoms with Crippen molar-refractivity contribution >= 4 is 27.9 Å². The van der Waals surface area contributed by atoms with Gasteiger partial charge in [0.25, 0.3) is 0 Å². The third kappa shape index (κ3) is 7.81. The SMILES string of the molecule is CCOC(=O)c1cc(Br)cnc1C(F)(F)F.CCOC(=O)c1cccnc1C(F)(F)F. The monoisotopic (exact) mass is 516 g/mol. The van der Waals surface area contributed by atoms with Crippen LogP contribution >= 0.6 is 15.9 Å². The molecule has 0 aliphatic heterocycles. The smallest absolute Gasteiger partial charge is 0.434 e. The quantitative estimate of drug-likeness (QED) is 0.404. The van der Waals surface area contributed by atoms with E-state index in [1.54, 1.807) is 0 Å². The van der Waals surface area contributed by atoms with E-state index in [1.807, 2.05) is 0 Å². The molecule has 0 amide bonds. The Morgan fingerprint density at radius 3 is 1.87 bits per heavy atom. The molecule has 0 fully saturated rings. The van der Waals surface area contributed by atoms with Crippen molar-refractivity contribution in [1.82, 2.24) is 9.97 Å². The average molecular weight is 517 g/mol. The highest BCUT2D eigenvalue weighted by Crippen LogP contribution is 2.32. The van der Waals surface area contributed by atoms with Gasteiger partial charge in [-0.15, -0.1) is 0 Å². The fourth-order valence-corrected chi connectivity index (χ4v) is 2.37. The molecular weight excluding hydrogens is 502 g/mol. The highest BCUT2D eigenvalue weighted by Gasteiger charge is 2.38. The van der Waals surface area contributed by atoms with E-state index in [0.29, 0.717) is 0 Å². The molecule has 0 radical (unpaired) electrons. The molecule has 2 aromatic rings. The molecule has 2 heterocycles. The van der Waals surface area contributed by atoms with Crippen molar-refractivity contribution < 1.29 is 45.4 Å². The number of hydrogen-bond donors (Lipinski definition) is 0. The van der Waals surface area contributed by atoms with Gasteiger partial charge in [0, 0.05) is 16.9 Å². The first-order valence-electron chi connectivity index (χ1n) is 8.42. The first kappa shape index (κ1) is 26.3. The Labute approximate surface area is 180 Å². The summed E-state index contributed by atoms with van der Waals surface area (Å²) < 4.78 is 83.9. The second-order valence-corrected chi connectivity index (χ2v) is 6.30. The van der Waals surface area contributed by atoms with Crippen molar-refractivity contribution in [1.29, 1.82) is 0 Å². The van der Waals surface area contributed by atoms with E-state index in [2.05, 4.69) is 35.4 Å². The average Bonchev–Trinajstić information content (AvgIpc) is 2.67. The molecule has 31 heavy (non-hydrogen) atoms. The van der Waals surface area contributed by atoms with Gasteiger partial charge in [-0.2, -0.15) is 26.3 Å². The summed E-state index contributed by atoms with van der Waals surface area (Å²) in [4.78, 5) is 28.7. The van der Waals surface area contributed by atoms with Crippen LogP contribution in [0.3, 0.4) is 0 Å². The molecule has 13 heteroatoms. The van der Waals surface area contributed by atoms with Crippen molar-refractivity contribution in [2.24, 2.45) is 0 Å². The molecular formula is C18H15BrF6N2O4. The van der Waals surface area contributed by atoms with Gasteiger partial charge >= 0.3 is 24.3 Å². The van der Waals surface area contributed by atoms with E-state index in [9.17, 15) is 35.9 Å². The van der Waals surface area contributed by atoms with E-state index in [1.165, 1.54) is 19.9 Å². The Kier molecular flexibility index (Phi) is 9.40. The highest BCUT2D eigenvalue weighted by molar-refractivity contribution is 9.10. The zero-order valence-electron chi connectivity index (χ0n) is 16.0. The minimum atomic E-state index is -4.68. The summed E-state index contributed by atoms with van der Waals surface area (Å²) in [6.07, 6.45) is -7.37. The van der Waals surface area contributed by atoms with Gasteiger partial charge in [-0.25, -0.2) is 14.6 Å². The van der Waals surface area contributed by atoms with Gasteiger partial charge in [-0.05, 0) is 48.0 Å². The summed E-state index contributed by atoms with van der Waals surface area (Å²) in [7, 11) is 0. The zero-order valence-corrected chi connectivity index (χ0v) is 17.6. The molecule has 0 unspecified atom stereocenters. The summed E-state index contributed by atoms with van der Waals surface area (Å²) in [5, 5.41) is 0. The van der Waals surface area contributed by atoms with Gasteiger partial charge in [0.05, 0.1) is 24.3 Å². The molecule has 2 rings (SSSR count). The maximum absolute atomic E-state index is 12.5. The fourth-order valence-electron chi connectivity index (χ4n) is 2.03. The van der Waals surface area contributed by atoms with Crippen LogP contribution in [0.2, 0.25) is 0 Å². The molecule has 6 nitrogen and oxygen atoms in total. The van der Waals surface area contributed by atoms with Crippen molar-refractivity contribution in [2.45, 2.75) is 26.2 Å². The molecule has 0 spiro atoms. The fraction of sp³-hybridized carbons (Fsp3) is 0.333. The third-order valence-electron chi connectivity index (χ3n) is 3.19. The van der Waals surface area contributed by atoms with E-state index in [-0.39, 0.29) is 17.7 Å². The van der Waals surface area contributed by atoms with Gasteiger partial charge in [-0.3, -0.25) is 4.98 Å². The number of alkyl halides is 6. The van der Waals surface area contributed by atoms with Crippen LogP contribution in [0.5, 0.6) is 0 Å². The number of rotatable bonds is 4. The highest BCUT2D eigenvalue weighted by atomic mass is 79.9. The molecule has 2 aromatic heterocycles. The number of nitrogens with zero attached hydrogens (tertiary/aromatic N) is 2. The minimum Gasteiger partial charge on any atom is -0.462 e. The Balaban J connectivity index is 0.000000311. The minimum absolute atomic E-state index is 0.00262. The molecule has 0 aliphatic rings. The van der Waals surface area contributed by atoms with Crippen molar-refractivity contribution in [3.05, 3.63) is 57.6 Å². The summed E-state index contributed by atoms with van der Waals surface area (Å²) in [5.74, 6) is -2.05. The van der Waals surface area contributed by atoms with E-state index < -0.39 is 46.8 Å². The molecule has 0 aliphatic carbocycles. The summed E-state index contributed by atoms with van der Waals surface area (Å²) in [6, 6.07) is 3.32. The molecule has 0 aromatic carbocycles. The summed E-state index contributed by atoms with van der Waals surface area (Å²) in [6.45, 7) is 3.05. The molecule has 170 valence electrons. The standard InChI is InChI=1S/C9H7BrF3NO2.C9H8F3NO2/c1-2-16-8(15)6-3-5(10)4-14-7(6)9(11,12)13;1-2-15-8(14)6-4-3-5-13-7(6)9(10,11)12/h3-4H,2H2,1H3;3-5H,2H2,1H3. The van der Waals surface area contributed by atoms with Crippen molar-refractivity contribution in [3.8, 4) is 0 Å². The topological polar surface area (TPSA) is 78.4 Å². The van der Waals surface area contributed by atoms with E-state index in [0.717, 1.165) is 24.5 Å². The summed E-state index contributed by atoms with van der Waals surface area (Å²) in [5.41, 5.74) is -3.62. The second kappa shape index (κ2) is 11.1. The lowest BCUT2D eigenvalue weighted by atomic mass is 10.2. The summed E-state index contributed by atoms with van der Waals surface area (Å²) >= 11 is 2.94. The molecule has 0 bridgehead atoms. The van der Waals surface area contributed by atoms with Crippen LogP contribution in [0.1, 0.15) is 46.0 Å². The van der Waals surface area contributed by atoms with Gasteiger partial charge < -0.3 is 9.47 Å². The molecule has 0 atom stereocenters. The Hall–Kier alpha value is -2.70. The predicted molar refractivity (Wildman–Crippen MR) is 98.1 cm³/mol. The number of halogens is 7. The Morgan fingerprint density at radius 1 is 0.903 bits per heavy atom. The van der Waals surface area contributed by atoms with Crippen molar-refractivity contribution in [3.63, 3.8) is 0 Å². The van der Waals surface area contributed by atoms with Gasteiger partial charge in [0.1, 0.15) is 0 Å². The van der Waals surface area contributed by atoms with Gasteiger partial charge in [-0.1, -0.05) is 0 Å². The van der Waals surface area contributed by atoms with Crippen LogP contribution in [0.25, 0.3) is 0 Å². The zero-order chi connectivity index (χ0) is 23.8. The third-order valence-corrected chi connectivity index (χ3v) is 3.62. The van der Waals surface area contributed by atoms with Crippen molar-refractivity contribution in [2.75, 3.05) is 13.2 Å². The maximum Gasteiger partial charge on any atom is 0.434 e. The number of aromatic nitrogens is 2. The number of ether oxygens (including phenoxy) is 2. The lowest BCUT2D eigenvalue weighted by molar-refractivity contribution is -0.142. The second-order valence-electron chi connectivity index (χ2n) is 5.39. The van der Waals surface area contributed by atoms with Crippen LogP contribution in [0.4, 0.5) is 26.3 Å². The Morgan fingerprint density at radius 2 is 1.39 bits per heavy atom. The maximum atomic E-state index is 12.5. The largest absolute Gasteiger partial charge is 0.462 e. The van der Waals surface area contributed by atoms with Gasteiger partial charge in [0.15, 0.2) is 11.4 Å². The number of carbonyl (C=O) groups excluding carboxylic acids is 2. The molecule has 0 saturated heterocycles. The van der Waals surface area contributed by atoms with Crippen LogP contribution in [-0.2, 0) is 21.8 Å². The lowest BCUT2D eigenvalue weighted by Gasteiger charge is -2.10. The molecule has 0 saturated carbocycles. The van der Waals surface area contributed by atoms with Crippen LogP contribution in [-0.4, -0.2) is 35.1 Å². The first-order chi connectivity index (χ1) is 14.3. The Bertz CT molecular complexity index is 919. The number of hydrogen-bond acceptors (Lipinski definition) is 6. The van der Waals surface area contributed by atoms with Crippen LogP contribution < -0.4 is 0 Å². The van der Waals surface area contributed by atoms with E-state index in [4.69, 9.17) is 0 Å². The normalized spacial score (nSPS) is 11.3. The number of pyridine rings is 2. The first-order valence-corrected chi connectivity index (χ1v) is 9.21. The van der Waals surface area contributed by atoms with Crippen LogP contribution in [0, 0.1) is 0 Å². The van der Waals surface area contributed by atoms with Gasteiger partial charge in [0.2, 0.25) is 0 Å². The molecule has 0 N–H and O–H groups in total.